The smallest absolute Gasteiger partial charge is 0.0588 e. The molecule has 0 aromatic carbocycles. The first kappa shape index (κ1) is 12.9. The molecule has 3 nitrogen and oxygen atoms in total. The Balaban J connectivity index is 2.08. The monoisotopic (exact) mass is 214 g/mol. The summed E-state index contributed by atoms with van der Waals surface area (Å²) in [6, 6.07) is 1.11. The second kappa shape index (κ2) is 6.46. The van der Waals surface area contributed by atoms with E-state index in [1.54, 1.807) is 0 Å². The fourth-order valence-corrected chi connectivity index (χ4v) is 1.88. The normalized spacial score (nSPS) is 28.6. The van der Waals surface area contributed by atoms with Crippen LogP contribution in [0.2, 0.25) is 0 Å². The van der Waals surface area contributed by atoms with Crippen molar-refractivity contribution in [2.24, 2.45) is 5.92 Å². The lowest BCUT2D eigenvalue weighted by Gasteiger charge is -2.20. The highest BCUT2D eigenvalue weighted by Gasteiger charge is 2.23. The van der Waals surface area contributed by atoms with Gasteiger partial charge in [-0.3, -0.25) is 0 Å². The van der Waals surface area contributed by atoms with Crippen molar-refractivity contribution >= 4 is 0 Å². The van der Waals surface area contributed by atoms with Gasteiger partial charge in [-0.1, -0.05) is 13.8 Å². The Bertz CT molecular complexity index is 173. The maximum Gasteiger partial charge on any atom is 0.0588 e. The summed E-state index contributed by atoms with van der Waals surface area (Å²) < 4.78 is 5.54. The van der Waals surface area contributed by atoms with Crippen LogP contribution in [0.4, 0.5) is 0 Å². The van der Waals surface area contributed by atoms with Crippen molar-refractivity contribution < 1.29 is 4.74 Å². The van der Waals surface area contributed by atoms with E-state index >= 15 is 0 Å². The lowest BCUT2D eigenvalue weighted by Crippen LogP contribution is -2.41. The molecule has 3 unspecified atom stereocenters. The molecule has 0 amide bonds. The van der Waals surface area contributed by atoms with Gasteiger partial charge >= 0.3 is 0 Å². The molecule has 1 fully saturated rings. The Labute approximate surface area is 94.0 Å². The lowest BCUT2D eigenvalue weighted by molar-refractivity contribution is 0.105. The number of ether oxygens (including phenoxy) is 1. The summed E-state index contributed by atoms with van der Waals surface area (Å²) in [5, 5.41) is 7.01. The summed E-state index contributed by atoms with van der Waals surface area (Å²) in [4.78, 5) is 0. The van der Waals surface area contributed by atoms with Crippen LogP contribution >= 0.6 is 0 Å². The number of hydrogen-bond acceptors (Lipinski definition) is 3. The van der Waals surface area contributed by atoms with Crippen molar-refractivity contribution in [3.8, 4) is 0 Å². The highest BCUT2D eigenvalue weighted by Crippen LogP contribution is 2.19. The molecule has 90 valence electrons. The summed E-state index contributed by atoms with van der Waals surface area (Å²) in [5.74, 6) is 0.700. The minimum atomic E-state index is 0.433. The molecule has 1 aliphatic rings. The van der Waals surface area contributed by atoms with Crippen LogP contribution in [0.1, 0.15) is 34.1 Å². The summed E-state index contributed by atoms with van der Waals surface area (Å²) in [6.45, 7) is 11.8. The Morgan fingerprint density at radius 3 is 2.53 bits per heavy atom. The lowest BCUT2D eigenvalue weighted by atomic mass is 10.0. The Morgan fingerprint density at radius 2 is 2.00 bits per heavy atom. The van der Waals surface area contributed by atoms with Gasteiger partial charge in [-0.25, -0.2) is 0 Å². The summed E-state index contributed by atoms with van der Waals surface area (Å²) >= 11 is 0. The molecule has 3 heteroatoms. The van der Waals surface area contributed by atoms with E-state index in [1.807, 2.05) is 0 Å². The van der Waals surface area contributed by atoms with Crippen molar-refractivity contribution in [1.82, 2.24) is 10.6 Å². The maximum atomic E-state index is 5.54. The number of rotatable bonds is 6. The van der Waals surface area contributed by atoms with E-state index < -0.39 is 0 Å². The van der Waals surface area contributed by atoms with Crippen LogP contribution in [0.15, 0.2) is 0 Å². The summed E-state index contributed by atoms with van der Waals surface area (Å²) in [7, 11) is 0. The molecule has 15 heavy (non-hydrogen) atoms. The van der Waals surface area contributed by atoms with Crippen molar-refractivity contribution in [2.45, 2.75) is 52.3 Å². The highest BCUT2D eigenvalue weighted by molar-refractivity contribution is 4.76. The van der Waals surface area contributed by atoms with Gasteiger partial charge in [-0.15, -0.1) is 0 Å². The van der Waals surface area contributed by atoms with Gasteiger partial charge in [0, 0.05) is 31.8 Å². The molecule has 0 aromatic heterocycles. The molecule has 1 heterocycles. The van der Waals surface area contributed by atoms with E-state index in [0.717, 1.165) is 19.7 Å². The Kier molecular flexibility index (Phi) is 5.58. The first-order valence-electron chi connectivity index (χ1n) is 6.18. The van der Waals surface area contributed by atoms with Crippen LogP contribution < -0.4 is 10.6 Å². The van der Waals surface area contributed by atoms with Crippen LogP contribution in [0, 0.1) is 5.92 Å². The van der Waals surface area contributed by atoms with Gasteiger partial charge in [0.25, 0.3) is 0 Å². The van der Waals surface area contributed by atoms with Crippen LogP contribution in [-0.2, 0) is 4.74 Å². The van der Waals surface area contributed by atoms with E-state index in [4.69, 9.17) is 4.74 Å². The average molecular weight is 214 g/mol. The zero-order valence-electron chi connectivity index (χ0n) is 10.5. The Hall–Kier alpha value is -0.120. The van der Waals surface area contributed by atoms with Crippen LogP contribution in [0.25, 0.3) is 0 Å². The second-order valence-electron chi connectivity index (χ2n) is 5.00. The molecule has 0 spiro atoms. The molecule has 0 radical (unpaired) electrons. The third kappa shape index (κ3) is 4.96. The quantitative estimate of drug-likeness (QED) is 0.701. The first-order chi connectivity index (χ1) is 7.09. The van der Waals surface area contributed by atoms with E-state index in [-0.39, 0.29) is 0 Å². The predicted octanol–water partition coefficient (Wildman–Crippen LogP) is 1.39. The SMILES string of the molecule is CC(C)NCC(C)NCC1CCOC1C. The van der Waals surface area contributed by atoms with E-state index in [1.165, 1.54) is 6.42 Å². The maximum absolute atomic E-state index is 5.54. The number of nitrogens with one attached hydrogen (secondary N) is 2. The van der Waals surface area contributed by atoms with Crippen molar-refractivity contribution in [1.29, 1.82) is 0 Å². The molecule has 1 rings (SSSR count). The minimum absolute atomic E-state index is 0.433. The standard InChI is InChI=1S/C12H26N2O/c1-9(2)13-7-10(3)14-8-12-5-6-15-11(12)4/h9-14H,5-8H2,1-4H3. The molecule has 0 saturated carbocycles. The van der Waals surface area contributed by atoms with E-state index in [2.05, 4.69) is 38.3 Å². The second-order valence-corrected chi connectivity index (χ2v) is 5.00. The van der Waals surface area contributed by atoms with Gasteiger partial charge < -0.3 is 15.4 Å². The van der Waals surface area contributed by atoms with Gasteiger partial charge in [-0.2, -0.15) is 0 Å². The molecule has 2 N–H and O–H groups in total. The van der Waals surface area contributed by atoms with Crippen LogP contribution in [0.3, 0.4) is 0 Å². The molecule has 0 aromatic rings. The largest absolute Gasteiger partial charge is 0.378 e. The summed E-state index contributed by atoms with van der Waals surface area (Å²) in [6.07, 6.45) is 1.64. The fraction of sp³-hybridized carbons (Fsp3) is 1.00. The van der Waals surface area contributed by atoms with Crippen molar-refractivity contribution in [3.05, 3.63) is 0 Å². The minimum Gasteiger partial charge on any atom is -0.378 e. The third-order valence-electron chi connectivity index (χ3n) is 3.09. The van der Waals surface area contributed by atoms with Gasteiger partial charge in [-0.05, 0) is 26.2 Å². The van der Waals surface area contributed by atoms with Gasteiger partial charge in [0.05, 0.1) is 6.10 Å². The molecule has 0 aliphatic carbocycles. The zero-order valence-corrected chi connectivity index (χ0v) is 10.5. The van der Waals surface area contributed by atoms with Gasteiger partial charge in [0.1, 0.15) is 0 Å². The van der Waals surface area contributed by atoms with E-state index in [0.29, 0.717) is 24.1 Å². The van der Waals surface area contributed by atoms with Crippen LogP contribution in [-0.4, -0.2) is 37.9 Å². The van der Waals surface area contributed by atoms with Gasteiger partial charge in [0.15, 0.2) is 0 Å². The highest BCUT2D eigenvalue weighted by atomic mass is 16.5. The molecule has 1 aliphatic heterocycles. The van der Waals surface area contributed by atoms with Gasteiger partial charge in [0.2, 0.25) is 0 Å². The number of hydrogen-bond donors (Lipinski definition) is 2. The Morgan fingerprint density at radius 1 is 1.27 bits per heavy atom. The molecule has 1 saturated heterocycles. The topological polar surface area (TPSA) is 33.3 Å². The molecular weight excluding hydrogens is 188 g/mol. The predicted molar refractivity (Wildman–Crippen MR) is 64.1 cm³/mol. The third-order valence-corrected chi connectivity index (χ3v) is 3.09. The van der Waals surface area contributed by atoms with E-state index in [9.17, 15) is 0 Å². The van der Waals surface area contributed by atoms with Crippen LogP contribution in [0.5, 0.6) is 0 Å². The van der Waals surface area contributed by atoms with Crippen molar-refractivity contribution in [2.75, 3.05) is 19.7 Å². The summed E-state index contributed by atoms with van der Waals surface area (Å²) in [5.41, 5.74) is 0. The molecule has 3 atom stereocenters. The molecule has 0 bridgehead atoms. The van der Waals surface area contributed by atoms with Crippen molar-refractivity contribution in [3.63, 3.8) is 0 Å². The average Bonchev–Trinajstić information content (AvgIpc) is 2.58. The molecular formula is C12H26N2O. The first-order valence-corrected chi connectivity index (χ1v) is 6.18. The zero-order chi connectivity index (χ0) is 11.3. The fourth-order valence-electron chi connectivity index (χ4n) is 1.88.